The number of amides is 2. The number of rotatable bonds is 18. The van der Waals surface area contributed by atoms with Gasteiger partial charge in [0.1, 0.15) is 24.5 Å². The third-order valence-corrected chi connectivity index (χ3v) is 8.33. The molecule has 3 rings (SSSR count). The van der Waals surface area contributed by atoms with Crippen molar-refractivity contribution in [3.63, 3.8) is 0 Å². The molecule has 2 aromatic rings. The highest BCUT2D eigenvalue weighted by molar-refractivity contribution is 6.09. The SMILES string of the molecule is CCCC(CC(CC)CC)(C(=O)NN)C(=O)[C@@H]([C@H](C/C=C/c1ccccc1)C(=O)NOCc1ccccc1)N1CN(C)C=N1. The summed E-state index contributed by atoms with van der Waals surface area (Å²) in [7, 11) is 1.84. The fraction of sp³-hybridized carbons (Fsp3) is 0.471. The normalized spacial score (nSPS) is 15.8. The highest BCUT2D eigenvalue weighted by Crippen LogP contribution is 2.40. The van der Waals surface area contributed by atoms with Crippen molar-refractivity contribution in [2.24, 2.45) is 28.2 Å². The molecular weight excluding hydrogens is 556 g/mol. The van der Waals surface area contributed by atoms with Gasteiger partial charge in [0.15, 0.2) is 5.78 Å². The number of carbonyl (C=O) groups is 3. The molecule has 1 aliphatic rings. The van der Waals surface area contributed by atoms with Gasteiger partial charge in [0.05, 0.1) is 12.5 Å². The van der Waals surface area contributed by atoms with Crippen molar-refractivity contribution in [3.05, 3.63) is 77.9 Å². The summed E-state index contributed by atoms with van der Waals surface area (Å²) in [5, 5.41) is 6.13. The Morgan fingerprint density at radius 1 is 1.05 bits per heavy atom. The van der Waals surface area contributed by atoms with E-state index >= 15 is 0 Å². The molecule has 1 heterocycles. The highest BCUT2D eigenvalue weighted by atomic mass is 16.6. The number of hydroxylamine groups is 1. The minimum Gasteiger partial charge on any atom is -0.345 e. The van der Waals surface area contributed by atoms with Crippen molar-refractivity contribution in [1.82, 2.24) is 20.8 Å². The van der Waals surface area contributed by atoms with Crippen molar-refractivity contribution in [3.8, 4) is 0 Å². The van der Waals surface area contributed by atoms with E-state index in [4.69, 9.17) is 10.7 Å². The van der Waals surface area contributed by atoms with Gasteiger partial charge < -0.3 is 4.90 Å². The summed E-state index contributed by atoms with van der Waals surface area (Å²) in [4.78, 5) is 50.1. The zero-order valence-corrected chi connectivity index (χ0v) is 26.4. The molecule has 3 atom stereocenters. The molecule has 44 heavy (non-hydrogen) atoms. The van der Waals surface area contributed by atoms with Crippen LogP contribution in [-0.2, 0) is 25.8 Å². The first-order chi connectivity index (χ1) is 21.3. The van der Waals surface area contributed by atoms with Gasteiger partial charge in [-0.3, -0.25) is 29.7 Å². The first-order valence-corrected chi connectivity index (χ1v) is 15.5. The maximum absolute atomic E-state index is 15.0. The Morgan fingerprint density at radius 2 is 1.70 bits per heavy atom. The Morgan fingerprint density at radius 3 is 2.27 bits per heavy atom. The summed E-state index contributed by atoms with van der Waals surface area (Å²) in [5.41, 5.74) is 5.31. The van der Waals surface area contributed by atoms with Gasteiger partial charge in [0, 0.05) is 7.05 Å². The Bertz CT molecular complexity index is 1250. The summed E-state index contributed by atoms with van der Waals surface area (Å²) in [6.45, 7) is 6.50. The molecular formula is C34H48N6O4. The van der Waals surface area contributed by atoms with Crippen LogP contribution in [0.15, 0.2) is 71.8 Å². The number of hydrogen-bond acceptors (Lipinski definition) is 8. The lowest BCUT2D eigenvalue weighted by Crippen LogP contribution is -2.59. The van der Waals surface area contributed by atoms with Crippen LogP contribution < -0.4 is 16.7 Å². The molecule has 0 saturated carbocycles. The molecule has 10 heteroatoms. The van der Waals surface area contributed by atoms with Crippen LogP contribution in [0.2, 0.25) is 0 Å². The van der Waals surface area contributed by atoms with Crippen LogP contribution in [0.4, 0.5) is 0 Å². The molecule has 0 saturated heterocycles. The molecule has 1 aliphatic heterocycles. The van der Waals surface area contributed by atoms with E-state index in [1.807, 2.05) is 91.7 Å². The summed E-state index contributed by atoms with van der Waals surface area (Å²) < 4.78 is 0. The first kappa shape index (κ1) is 34.5. The number of nitrogens with one attached hydrogen (secondary N) is 2. The largest absolute Gasteiger partial charge is 0.345 e. The second-order valence-electron chi connectivity index (χ2n) is 11.5. The molecule has 0 bridgehead atoms. The zero-order valence-electron chi connectivity index (χ0n) is 26.4. The molecule has 10 nitrogen and oxygen atoms in total. The minimum atomic E-state index is -1.44. The zero-order chi connectivity index (χ0) is 32.0. The number of hydrogen-bond donors (Lipinski definition) is 3. The minimum absolute atomic E-state index is 0.118. The molecule has 4 N–H and O–H groups in total. The van der Waals surface area contributed by atoms with E-state index in [1.54, 1.807) is 11.3 Å². The molecule has 2 aromatic carbocycles. The number of allylic oxidation sites excluding steroid dienone is 1. The third kappa shape index (κ3) is 9.00. The Labute approximate surface area is 261 Å². The lowest BCUT2D eigenvalue weighted by Gasteiger charge is -2.40. The van der Waals surface area contributed by atoms with Crippen LogP contribution in [-0.4, -0.2) is 53.6 Å². The molecule has 0 radical (unpaired) electrons. The fourth-order valence-electron chi connectivity index (χ4n) is 5.84. The number of hydrazine groups is 1. The highest BCUT2D eigenvalue weighted by Gasteiger charge is 2.53. The van der Waals surface area contributed by atoms with Crippen LogP contribution in [0, 0.1) is 17.3 Å². The fourth-order valence-corrected chi connectivity index (χ4v) is 5.84. The average Bonchev–Trinajstić information content (AvgIpc) is 3.48. The number of nitrogens with zero attached hydrogens (tertiary/aromatic N) is 3. The maximum atomic E-state index is 15.0. The number of Topliss-reactive ketones (excluding diaryl/α,β-unsaturated/α-hetero) is 1. The van der Waals surface area contributed by atoms with Crippen LogP contribution in [0.1, 0.15) is 70.4 Å². The standard InChI is InChI=1S/C34H48N6O4/c1-5-21-34(33(43)37-35,22-26(6-2)7-3)31(41)30(40-25-39(4)24-36-40)29(20-14-19-27-15-10-8-11-16-27)32(42)38-44-23-28-17-12-9-13-18-28/h8-19,24,26,29-30H,5-7,20-23,25,35H2,1-4H3,(H,37,43)(H,38,42)/b19-14+/t29-,30+,34?/m0/s1. The molecule has 2 amide bonds. The lowest BCUT2D eigenvalue weighted by atomic mass is 9.67. The van der Waals surface area contributed by atoms with Crippen molar-refractivity contribution in [2.45, 2.75) is 71.9 Å². The Balaban J connectivity index is 2.05. The van der Waals surface area contributed by atoms with E-state index in [2.05, 4.69) is 29.9 Å². The molecule has 238 valence electrons. The molecule has 0 aromatic heterocycles. The smallest absolute Gasteiger partial charge is 0.249 e. The van der Waals surface area contributed by atoms with E-state index in [1.165, 1.54) is 0 Å². The van der Waals surface area contributed by atoms with Gasteiger partial charge in [-0.15, -0.1) is 0 Å². The van der Waals surface area contributed by atoms with Crippen LogP contribution in [0.25, 0.3) is 6.08 Å². The topological polar surface area (TPSA) is 129 Å². The van der Waals surface area contributed by atoms with Crippen molar-refractivity contribution in [1.29, 1.82) is 0 Å². The van der Waals surface area contributed by atoms with Gasteiger partial charge in [-0.25, -0.2) is 11.3 Å². The molecule has 0 spiro atoms. The average molecular weight is 605 g/mol. The molecule has 0 aliphatic carbocycles. The van der Waals surface area contributed by atoms with Crippen LogP contribution in [0.3, 0.4) is 0 Å². The number of hydrazone groups is 1. The predicted octanol–water partition coefficient (Wildman–Crippen LogP) is 4.64. The van der Waals surface area contributed by atoms with Gasteiger partial charge in [-0.2, -0.15) is 5.10 Å². The second kappa shape index (κ2) is 17.3. The molecule has 1 unspecified atom stereocenters. The maximum Gasteiger partial charge on any atom is 0.249 e. The quantitative estimate of drug-likeness (QED) is 0.0978. The van der Waals surface area contributed by atoms with Gasteiger partial charge in [-0.1, -0.05) is 113 Å². The van der Waals surface area contributed by atoms with Crippen molar-refractivity contribution >= 4 is 30.0 Å². The monoisotopic (exact) mass is 604 g/mol. The summed E-state index contributed by atoms with van der Waals surface area (Å²) in [6.07, 6.45) is 8.45. The number of ketones is 1. The number of carbonyl (C=O) groups excluding carboxylic acids is 3. The first-order valence-electron chi connectivity index (χ1n) is 15.5. The van der Waals surface area contributed by atoms with Crippen LogP contribution in [0.5, 0.6) is 0 Å². The van der Waals surface area contributed by atoms with Gasteiger partial charge in [0.2, 0.25) is 11.8 Å². The van der Waals surface area contributed by atoms with E-state index in [-0.39, 0.29) is 31.4 Å². The second-order valence-corrected chi connectivity index (χ2v) is 11.5. The van der Waals surface area contributed by atoms with E-state index in [9.17, 15) is 14.4 Å². The Hall–Kier alpha value is -4.02. The molecule has 0 fully saturated rings. The summed E-state index contributed by atoms with van der Waals surface area (Å²) in [5.74, 6) is 3.58. The predicted molar refractivity (Wildman–Crippen MR) is 173 cm³/mol. The van der Waals surface area contributed by atoms with Gasteiger partial charge in [0.25, 0.3) is 0 Å². The van der Waals surface area contributed by atoms with E-state index < -0.39 is 29.2 Å². The van der Waals surface area contributed by atoms with E-state index in [0.717, 1.165) is 24.0 Å². The van der Waals surface area contributed by atoms with E-state index in [0.29, 0.717) is 19.3 Å². The lowest BCUT2D eigenvalue weighted by molar-refractivity contribution is -0.154. The summed E-state index contributed by atoms with van der Waals surface area (Å²) >= 11 is 0. The third-order valence-electron chi connectivity index (χ3n) is 8.33. The van der Waals surface area contributed by atoms with Gasteiger partial charge in [-0.05, 0) is 36.3 Å². The van der Waals surface area contributed by atoms with Gasteiger partial charge >= 0.3 is 0 Å². The Kier molecular flexibility index (Phi) is 13.6. The van der Waals surface area contributed by atoms with Crippen molar-refractivity contribution in [2.75, 3.05) is 13.7 Å². The van der Waals surface area contributed by atoms with Crippen LogP contribution >= 0.6 is 0 Å². The summed E-state index contributed by atoms with van der Waals surface area (Å²) in [6, 6.07) is 18.2. The van der Waals surface area contributed by atoms with Crippen molar-refractivity contribution < 1.29 is 19.2 Å². The number of benzene rings is 2. The number of nitrogens with two attached hydrogens (primary N) is 1.